The van der Waals surface area contributed by atoms with Crippen LogP contribution in [0.1, 0.15) is 0 Å². The van der Waals surface area contributed by atoms with Crippen LogP contribution in [-0.4, -0.2) is 55.1 Å². The zero-order valence-corrected chi connectivity index (χ0v) is 7.40. The van der Waals surface area contributed by atoms with Crippen LogP contribution in [0, 0.1) is 0 Å². The lowest BCUT2D eigenvalue weighted by Crippen LogP contribution is -2.42. The Kier molecular flexibility index (Phi) is 7.51. The molecular formula is C7H16N2O4. The van der Waals surface area contributed by atoms with E-state index in [2.05, 4.69) is 5.32 Å². The summed E-state index contributed by atoms with van der Waals surface area (Å²) in [6, 6.07) is -0.617. The van der Waals surface area contributed by atoms with Crippen molar-refractivity contribution in [2.75, 3.05) is 33.0 Å². The zero-order chi connectivity index (χ0) is 10.1. The molecule has 0 bridgehead atoms. The van der Waals surface area contributed by atoms with Gasteiger partial charge >= 0.3 is 0 Å². The van der Waals surface area contributed by atoms with Crippen LogP contribution >= 0.6 is 0 Å². The van der Waals surface area contributed by atoms with Crippen LogP contribution in [0.5, 0.6) is 0 Å². The summed E-state index contributed by atoms with van der Waals surface area (Å²) in [4.78, 5) is 10.9. The third-order valence-electron chi connectivity index (χ3n) is 1.30. The van der Waals surface area contributed by atoms with E-state index in [0.29, 0.717) is 13.2 Å². The zero-order valence-electron chi connectivity index (χ0n) is 7.40. The highest BCUT2D eigenvalue weighted by molar-refractivity contribution is 5.77. The molecule has 0 atom stereocenters. The van der Waals surface area contributed by atoms with Crippen molar-refractivity contribution in [3.8, 4) is 0 Å². The molecule has 6 heteroatoms. The predicted molar refractivity (Wildman–Crippen MR) is 46.0 cm³/mol. The van der Waals surface area contributed by atoms with Gasteiger partial charge in [-0.2, -0.15) is 0 Å². The number of nitrogens with one attached hydrogen (secondary N) is 1. The van der Waals surface area contributed by atoms with Gasteiger partial charge < -0.3 is 26.0 Å². The molecule has 5 N–H and O–H groups in total. The molecule has 0 aliphatic rings. The van der Waals surface area contributed by atoms with E-state index >= 15 is 0 Å². The quantitative estimate of drug-likeness (QED) is 0.332. The number of carbonyl (C=O) groups excluding carboxylic acids is 1. The van der Waals surface area contributed by atoms with Crippen molar-refractivity contribution in [3.63, 3.8) is 0 Å². The van der Waals surface area contributed by atoms with E-state index in [1.54, 1.807) is 0 Å². The van der Waals surface area contributed by atoms with Crippen LogP contribution in [0.4, 0.5) is 0 Å². The highest BCUT2D eigenvalue weighted by atomic mass is 16.5. The third-order valence-corrected chi connectivity index (χ3v) is 1.30. The minimum Gasteiger partial charge on any atom is -0.394 e. The first-order chi connectivity index (χ1) is 6.24. The summed E-state index contributed by atoms with van der Waals surface area (Å²) in [5.41, 5.74) is 5.13. The lowest BCUT2D eigenvalue weighted by atomic mass is 10.3. The first-order valence-corrected chi connectivity index (χ1v) is 4.03. The smallest absolute Gasteiger partial charge is 0.246 e. The molecule has 0 aliphatic carbocycles. The normalized spacial score (nSPS) is 10.5. The maximum atomic E-state index is 10.9. The molecule has 6 nitrogen and oxygen atoms in total. The maximum absolute atomic E-state index is 10.9. The van der Waals surface area contributed by atoms with Crippen LogP contribution in [0.25, 0.3) is 0 Å². The molecule has 0 unspecified atom stereocenters. The Bertz CT molecular complexity index is 138. The van der Waals surface area contributed by atoms with Gasteiger partial charge in [0.25, 0.3) is 0 Å². The predicted octanol–water partition coefficient (Wildman–Crippen LogP) is -2.57. The molecule has 13 heavy (non-hydrogen) atoms. The molecule has 0 rings (SSSR count). The monoisotopic (exact) mass is 192 g/mol. The van der Waals surface area contributed by atoms with E-state index in [0.717, 1.165) is 0 Å². The molecule has 0 saturated carbocycles. The van der Waals surface area contributed by atoms with Crippen LogP contribution in [0.2, 0.25) is 0 Å². The molecule has 1 amide bonds. The van der Waals surface area contributed by atoms with Crippen molar-refractivity contribution in [3.05, 3.63) is 0 Å². The van der Waals surface area contributed by atoms with Crippen LogP contribution in [0.15, 0.2) is 0 Å². The fourth-order valence-electron chi connectivity index (χ4n) is 0.667. The average molecular weight is 192 g/mol. The Morgan fingerprint density at radius 1 is 1.46 bits per heavy atom. The largest absolute Gasteiger partial charge is 0.394 e. The second-order valence-corrected chi connectivity index (χ2v) is 2.47. The van der Waals surface area contributed by atoms with Gasteiger partial charge in [-0.25, -0.2) is 0 Å². The van der Waals surface area contributed by atoms with E-state index in [4.69, 9.17) is 20.7 Å². The van der Waals surface area contributed by atoms with Gasteiger partial charge in [-0.05, 0) is 0 Å². The topological polar surface area (TPSA) is 105 Å². The fourth-order valence-corrected chi connectivity index (χ4v) is 0.667. The fraction of sp³-hybridized carbons (Fsp3) is 0.857. The van der Waals surface area contributed by atoms with Gasteiger partial charge in [0.1, 0.15) is 6.61 Å². The van der Waals surface area contributed by atoms with Crippen molar-refractivity contribution in [2.24, 2.45) is 5.73 Å². The molecule has 0 fully saturated rings. The lowest BCUT2D eigenvalue weighted by molar-refractivity contribution is -0.127. The Morgan fingerprint density at radius 3 is 2.54 bits per heavy atom. The number of aliphatic hydroxyl groups is 2. The number of nitrogens with two attached hydrogens (primary N) is 1. The van der Waals surface area contributed by atoms with Crippen molar-refractivity contribution in [2.45, 2.75) is 6.04 Å². The first-order valence-electron chi connectivity index (χ1n) is 4.03. The van der Waals surface area contributed by atoms with Crippen LogP contribution in [0.3, 0.4) is 0 Å². The standard InChI is InChI=1S/C7H16N2O4/c8-1-2-13-5-7(12)9-6(3-10)4-11/h6,10-11H,1-5,8H2,(H,9,12). The molecule has 0 aromatic rings. The summed E-state index contributed by atoms with van der Waals surface area (Å²) in [5, 5.41) is 19.6. The number of ether oxygens (including phenoxy) is 1. The highest BCUT2D eigenvalue weighted by Crippen LogP contribution is 1.81. The average Bonchev–Trinajstić information content (AvgIpc) is 2.14. The molecule has 0 aromatic heterocycles. The molecule has 0 aromatic carbocycles. The van der Waals surface area contributed by atoms with Crippen LogP contribution < -0.4 is 11.1 Å². The van der Waals surface area contributed by atoms with Crippen molar-refractivity contribution in [1.82, 2.24) is 5.32 Å². The molecule has 78 valence electrons. The minimum atomic E-state index is -0.617. The molecule has 0 aliphatic heterocycles. The number of hydrogen-bond donors (Lipinski definition) is 4. The van der Waals surface area contributed by atoms with Gasteiger partial charge in [-0.3, -0.25) is 4.79 Å². The van der Waals surface area contributed by atoms with Crippen LogP contribution in [-0.2, 0) is 9.53 Å². The van der Waals surface area contributed by atoms with Gasteiger partial charge in [0.15, 0.2) is 0 Å². The molecule has 0 saturated heterocycles. The van der Waals surface area contributed by atoms with E-state index in [-0.39, 0.29) is 25.7 Å². The van der Waals surface area contributed by atoms with E-state index in [9.17, 15) is 4.79 Å². The van der Waals surface area contributed by atoms with Gasteiger partial charge in [-0.1, -0.05) is 0 Å². The molecule has 0 spiro atoms. The van der Waals surface area contributed by atoms with Crippen molar-refractivity contribution >= 4 is 5.91 Å². The number of aliphatic hydroxyl groups excluding tert-OH is 2. The molecule has 0 heterocycles. The Morgan fingerprint density at radius 2 is 2.08 bits per heavy atom. The molecule has 0 radical (unpaired) electrons. The lowest BCUT2D eigenvalue weighted by Gasteiger charge is -2.12. The summed E-state index contributed by atoms with van der Waals surface area (Å²) in [7, 11) is 0. The summed E-state index contributed by atoms with van der Waals surface area (Å²) in [5.74, 6) is -0.374. The van der Waals surface area contributed by atoms with E-state index < -0.39 is 6.04 Å². The number of rotatable bonds is 7. The second kappa shape index (κ2) is 7.93. The summed E-state index contributed by atoms with van der Waals surface area (Å²) < 4.78 is 4.83. The van der Waals surface area contributed by atoms with E-state index in [1.807, 2.05) is 0 Å². The van der Waals surface area contributed by atoms with Crippen molar-refractivity contribution < 1.29 is 19.7 Å². The molecular weight excluding hydrogens is 176 g/mol. The van der Waals surface area contributed by atoms with Gasteiger partial charge in [0, 0.05) is 6.54 Å². The SMILES string of the molecule is NCCOCC(=O)NC(CO)CO. The number of hydrogen-bond acceptors (Lipinski definition) is 5. The Balaban J connectivity index is 3.48. The summed E-state index contributed by atoms with van der Waals surface area (Å²) in [6.45, 7) is -0.0149. The van der Waals surface area contributed by atoms with E-state index in [1.165, 1.54) is 0 Å². The third kappa shape index (κ3) is 6.47. The highest BCUT2D eigenvalue weighted by Gasteiger charge is 2.09. The first kappa shape index (κ1) is 12.3. The van der Waals surface area contributed by atoms with Gasteiger partial charge in [-0.15, -0.1) is 0 Å². The number of carbonyl (C=O) groups is 1. The second-order valence-electron chi connectivity index (χ2n) is 2.47. The van der Waals surface area contributed by atoms with Gasteiger partial charge in [0.05, 0.1) is 25.9 Å². The minimum absolute atomic E-state index is 0.103. The van der Waals surface area contributed by atoms with Gasteiger partial charge in [0.2, 0.25) is 5.91 Å². The Hall–Kier alpha value is -0.690. The Labute approximate surface area is 76.7 Å². The van der Waals surface area contributed by atoms with Crippen molar-refractivity contribution in [1.29, 1.82) is 0 Å². The summed E-state index contributed by atoms with van der Waals surface area (Å²) >= 11 is 0. The summed E-state index contributed by atoms with van der Waals surface area (Å²) in [6.07, 6.45) is 0. The number of amides is 1. The maximum Gasteiger partial charge on any atom is 0.246 e.